The normalized spacial score (nSPS) is 11.4. The van der Waals surface area contributed by atoms with E-state index >= 15 is 0 Å². The van der Waals surface area contributed by atoms with Crippen molar-refractivity contribution >= 4 is 33.6 Å². The molecule has 0 amide bonds. The lowest BCUT2D eigenvalue weighted by molar-refractivity contribution is 0.183. The van der Waals surface area contributed by atoms with E-state index in [0.717, 1.165) is 22.1 Å². The largest absolute Gasteiger partial charge is 0.423 e. The van der Waals surface area contributed by atoms with Gasteiger partial charge in [-0.1, -0.05) is 23.9 Å². The van der Waals surface area contributed by atoms with Crippen LogP contribution in [0, 0.1) is 13.8 Å². The molecule has 0 bridgehead atoms. The van der Waals surface area contributed by atoms with Crippen LogP contribution in [0.4, 0.5) is 0 Å². The number of benzene rings is 2. The molecule has 0 saturated heterocycles. The molecule has 0 radical (unpaired) electrons. The van der Waals surface area contributed by atoms with Crippen molar-refractivity contribution in [2.45, 2.75) is 31.3 Å². The minimum absolute atomic E-state index is 0.0935. The first-order valence-corrected chi connectivity index (χ1v) is 10.6. The summed E-state index contributed by atoms with van der Waals surface area (Å²) in [5.41, 5.74) is 3.80. The van der Waals surface area contributed by atoms with Crippen LogP contribution < -0.4 is 11.2 Å². The minimum atomic E-state index is -0.385. The van der Waals surface area contributed by atoms with Crippen molar-refractivity contribution in [2.75, 3.05) is 13.7 Å². The number of nitrogens with zero attached hydrogens (tertiary/aromatic N) is 2. The molecule has 4 rings (SSSR count). The highest BCUT2D eigenvalue weighted by Crippen LogP contribution is 2.27. The molecule has 2 aromatic heterocycles. The molecule has 0 saturated carbocycles. The fourth-order valence-electron chi connectivity index (χ4n) is 3.38. The van der Waals surface area contributed by atoms with E-state index in [1.54, 1.807) is 17.7 Å². The Morgan fingerprint density at radius 2 is 1.83 bits per heavy atom. The lowest BCUT2D eigenvalue weighted by Crippen LogP contribution is -2.25. The van der Waals surface area contributed by atoms with Gasteiger partial charge in [-0.15, -0.1) is 0 Å². The molecule has 4 aromatic rings. The van der Waals surface area contributed by atoms with E-state index in [1.807, 2.05) is 44.2 Å². The van der Waals surface area contributed by atoms with Crippen molar-refractivity contribution in [1.29, 1.82) is 0 Å². The first kappa shape index (κ1) is 20.4. The number of ether oxygens (including phenoxy) is 1. The standard InChI is InChI=1S/C23H22N2O4S/c1-14-10-18-16(12-21(26)29-20(18)11-15(14)2)13-30-23-24-19-7-5-4-6-17(19)22(27)25(23)8-9-28-3/h4-7,10-12H,8-9,13H2,1-3H3. The fraction of sp³-hybridized carbons (Fsp3) is 0.261. The van der Waals surface area contributed by atoms with E-state index in [0.29, 0.717) is 40.5 Å². The minimum Gasteiger partial charge on any atom is -0.423 e. The lowest BCUT2D eigenvalue weighted by atomic mass is 10.0. The zero-order valence-corrected chi connectivity index (χ0v) is 17.9. The Labute approximate surface area is 177 Å². The molecular formula is C23H22N2O4S. The van der Waals surface area contributed by atoms with Crippen LogP contribution in [0.1, 0.15) is 16.7 Å². The summed E-state index contributed by atoms with van der Waals surface area (Å²) in [5.74, 6) is 0.488. The van der Waals surface area contributed by atoms with Crippen molar-refractivity contribution in [2.24, 2.45) is 0 Å². The van der Waals surface area contributed by atoms with Gasteiger partial charge in [0.2, 0.25) is 0 Å². The monoisotopic (exact) mass is 422 g/mol. The van der Waals surface area contributed by atoms with Gasteiger partial charge in [0.15, 0.2) is 5.16 Å². The van der Waals surface area contributed by atoms with Crippen molar-refractivity contribution in [3.63, 3.8) is 0 Å². The van der Waals surface area contributed by atoms with E-state index in [2.05, 4.69) is 0 Å². The Morgan fingerprint density at radius 1 is 1.07 bits per heavy atom. The maximum atomic E-state index is 13.0. The third kappa shape index (κ3) is 3.91. The van der Waals surface area contributed by atoms with E-state index in [1.165, 1.54) is 17.8 Å². The number of thioether (sulfide) groups is 1. The maximum absolute atomic E-state index is 13.0. The number of aryl methyl sites for hydroxylation is 2. The average Bonchev–Trinajstić information content (AvgIpc) is 2.73. The van der Waals surface area contributed by atoms with Crippen LogP contribution in [0.25, 0.3) is 21.9 Å². The number of para-hydroxylation sites is 1. The first-order chi connectivity index (χ1) is 14.5. The molecule has 30 heavy (non-hydrogen) atoms. The van der Waals surface area contributed by atoms with Gasteiger partial charge in [-0.05, 0) is 54.8 Å². The van der Waals surface area contributed by atoms with Crippen molar-refractivity contribution < 1.29 is 9.15 Å². The number of methoxy groups -OCH3 is 1. The zero-order chi connectivity index (χ0) is 21.3. The fourth-order valence-corrected chi connectivity index (χ4v) is 4.40. The van der Waals surface area contributed by atoms with Crippen LogP contribution >= 0.6 is 11.8 Å². The summed E-state index contributed by atoms with van der Waals surface area (Å²) in [7, 11) is 1.60. The Kier molecular flexibility index (Phi) is 5.74. The Hall–Kier alpha value is -2.90. The second-order valence-electron chi connectivity index (χ2n) is 7.17. The molecule has 2 aromatic carbocycles. The smallest absolute Gasteiger partial charge is 0.336 e. The molecule has 0 aliphatic heterocycles. The van der Waals surface area contributed by atoms with E-state index in [4.69, 9.17) is 14.1 Å². The van der Waals surface area contributed by atoms with Crippen molar-refractivity contribution in [3.8, 4) is 0 Å². The van der Waals surface area contributed by atoms with Crippen LogP contribution in [-0.4, -0.2) is 23.3 Å². The number of aromatic nitrogens is 2. The van der Waals surface area contributed by atoms with E-state index in [-0.39, 0.29) is 11.2 Å². The van der Waals surface area contributed by atoms with E-state index < -0.39 is 0 Å². The summed E-state index contributed by atoms with van der Waals surface area (Å²) in [6.07, 6.45) is 0. The van der Waals surface area contributed by atoms with Crippen LogP contribution in [-0.2, 0) is 17.0 Å². The summed E-state index contributed by atoms with van der Waals surface area (Å²) in [5, 5.41) is 2.08. The number of fused-ring (bicyclic) bond motifs is 2. The quantitative estimate of drug-likeness (QED) is 0.265. The first-order valence-electron chi connectivity index (χ1n) is 9.63. The average molecular weight is 423 g/mol. The lowest BCUT2D eigenvalue weighted by Gasteiger charge is -2.13. The molecule has 0 unspecified atom stereocenters. The molecule has 6 nitrogen and oxygen atoms in total. The van der Waals surface area contributed by atoms with Gasteiger partial charge in [-0.2, -0.15) is 0 Å². The summed E-state index contributed by atoms with van der Waals surface area (Å²) < 4.78 is 12.2. The Balaban J connectivity index is 1.77. The second-order valence-corrected chi connectivity index (χ2v) is 8.12. The summed E-state index contributed by atoms with van der Waals surface area (Å²) in [6.45, 7) is 4.84. The predicted octanol–water partition coefficient (Wildman–Crippen LogP) is 4.06. The third-order valence-electron chi connectivity index (χ3n) is 5.15. The number of rotatable bonds is 6. The van der Waals surface area contributed by atoms with Gasteiger partial charge in [0, 0.05) is 24.3 Å². The van der Waals surface area contributed by atoms with Crippen LogP contribution in [0.5, 0.6) is 0 Å². The zero-order valence-electron chi connectivity index (χ0n) is 17.1. The predicted molar refractivity (Wildman–Crippen MR) is 119 cm³/mol. The number of hydrogen-bond acceptors (Lipinski definition) is 6. The maximum Gasteiger partial charge on any atom is 0.336 e. The van der Waals surface area contributed by atoms with Crippen LogP contribution in [0.2, 0.25) is 0 Å². The highest BCUT2D eigenvalue weighted by Gasteiger charge is 2.14. The van der Waals surface area contributed by atoms with Gasteiger partial charge in [-0.3, -0.25) is 9.36 Å². The van der Waals surface area contributed by atoms with Gasteiger partial charge in [0.05, 0.1) is 24.1 Å². The van der Waals surface area contributed by atoms with Crippen molar-refractivity contribution in [3.05, 3.63) is 79.9 Å². The van der Waals surface area contributed by atoms with E-state index in [9.17, 15) is 9.59 Å². The van der Waals surface area contributed by atoms with Gasteiger partial charge in [-0.25, -0.2) is 9.78 Å². The highest BCUT2D eigenvalue weighted by molar-refractivity contribution is 7.98. The SMILES string of the molecule is COCCn1c(SCc2cc(=O)oc3cc(C)c(C)cc23)nc2ccccc2c1=O. The van der Waals surface area contributed by atoms with Crippen LogP contribution in [0.15, 0.2) is 61.6 Å². The molecule has 0 N–H and O–H groups in total. The van der Waals surface area contributed by atoms with Gasteiger partial charge >= 0.3 is 5.63 Å². The third-order valence-corrected chi connectivity index (χ3v) is 6.17. The summed E-state index contributed by atoms with van der Waals surface area (Å²) >= 11 is 1.43. The second kappa shape index (κ2) is 8.45. The summed E-state index contributed by atoms with van der Waals surface area (Å²) in [4.78, 5) is 29.8. The molecule has 0 atom stereocenters. The molecule has 0 aliphatic carbocycles. The van der Waals surface area contributed by atoms with Crippen molar-refractivity contribution in [1.82, 2.24) is 9.55 Å². The Morgan fingerprint density at radius 3 is 2.63 bits per heavy atom. The Bertz CT molecular complexity index is 1360. The number of hydrogen-bond donors (Lipinski definition) is 0. The van der Waals surface area contributed by atoms with Gasteiger partial charge in [0.25, 0.3) is 5.56 Å². The topological polar surface area (TPSA) is 74.3 Å². The van der Waals surface area contributed by atoms with Gasteiger partial charge in [0.1, 0.15) is 5.58 Å². The molecule has 154 valence electrons. The molecule has 0 fully saturated rings. The molecule has 7 heteroatoms. The molecule has 0 spiro atoms. The summed E-state index contributed by atoms with van der Waals surface area (Å²) in [6, 6.07) is 12.8. The van der Waals surface area contributed by atoms with Gasteiger partial charge < -0.3 is 9.15 Å². The molecule has 0 aliphatic rings. The molecule has 2 heterocycles. The molecular weight excluding hydrogens is 400 g/mol. The van der Waals surface area contributed by atoms with Crippen LogP contribution in [0.3, 0.4) is 0 Å². The highest BCUT2D eigenvalue weighted by atomic mass is 32.2.